The molecule has 0 amide bonds. The average molecular weight is 172 g/mol. The predicted molar refractivity (Wildman–Crippen MR) is 57.4 cm³/mol. The van der Waals surface area contributed by atoms with Gasteiger partial charge in [-0.2, -0.15) is 0 Å². The summed E-state index contributed by atoms with van der Waals surface area (Å²) in [5.74, 6) is 1.27. The topological polar surface area (TPSA) is 0 Å². The molecule has 2 rings (SSSR count). The van der Waals surface area contributed by atoms with Crippen molar-refractivity contribution < 1.29 is 0 Å². The Kier molecular flexibility index (Phi) is 1.99. The maximum absolute atomic E-state index is 2.37. The van der Waals surface area contributed by atoms with Crippen LogP contribution in [-0.2, 0) is 0 Å². The van der Waals surface area contributed by atoms with E-state index in [9.17, 15) is 0 Å². The Hall–Kier alpha value is -1.04. The molecule has 2 atom stereocenters. The van der Waals surface area contributed by atoms with E-state index in [2.05, 4.69) is 51.2 Å². The summed E-state index contributed by atoms with van der Waals surface area (Å²) in [6.07, 6.45) is 11.5. The summed E-state index contributed by atoms with van der Waals surface area (Å²) in [7, 11) is 0. The maximum Gasteiger partial charge on any atom is 0.00841 e. The zero-order valence-electron chi connectivity index (χ0n) is 8.54. The first-order valence-electron chi connectivity index (χ1n) is 4.93. The van der Waals surface area contributed by atoms with Crippen molar-refractivity contribution in [2.24, 2.45) is 11.8 Å². The Morgan fingerprint density at radius 2 is 1.77 bits per heavy atom. The van der Waals surface area contributed by atoms with Gasteiger partial charge in [-0.05, 0) is 25.3 Å². The van der Waals surface area contributed by atoms with Crippen molar-refractivity contribution in [2.75, 3.05) is 0 Å². The molecule has 68 valence electrons. The fourth-order valence-corrected chi connectivity index (χ4v) is 2.20. The van der Waals surface area contributed by atoms with Crippen LogP contribution in [-0.4, -0.2) is 0 Å². The van der Waals surface area contributed by atoms with E-state index in [0.29, 0.717) is 11.8 Å². The zero-order chi connectivity index (χ0) is 9.42. The van der Waals surface area contributed by atoms with Crippen LogP contribution in [0.25, 0.3) is 0 Å². The number of hydrogen-bond donors (Lipinski definition) is 0. The Morgan fingerprint density at radius 3 is 2.54 bits per heavy atom. The number of fused-ring (bicyclic) bond motifs is 1. The number of hydrogen-bond acceptors (Lipinski definition) is 0. The molecule has 0 saturated heterocycles. The lowest BCUT2D eigenvalue weighted by Gasteiger charge is -2.27. The van der Waals surface area contributed by atoms with E-state index < -0.39 is 0 Å². The van der Waals surface area contributed by atoms with E-state index in [1.165, 1.54) is 16.7 Å². The SMILES string of the molecule is CC1=CC(C)C2C=C(C)C=CC2=C1. The van der Waals surface area contributed by atoms with Crippen LogP contribution in [0, 0.1) is 11.8 Å². The van der Waals surface area contributed by atoms with E-state index in [4.69, 9.17) is 0 Å². The van der Waals surface area contributed by atoms with Crippen molar-refractivity contribution in [1.29, 1.82) is 0 Å². The molecule has 0 saturated carbocycles. The van der Waals surface area contributed by atoms with Crippen molar-refractivity contribution in [3.8, 4) is 0 Å². The lowest BCUT2D eigenvalue weighted by molar-refractivity contribution is 0.575. The fourth-order valence-electron chi connectivity index (χ4n) is 2.20. The van der Waals surface area contributed by atoms with Gasteiger partial charge in [-0.1, -0.05) is 48.5 Å². The molecule has 0 aromatic carbocycles. The van der Waals surface area contributed by atoms with E-state index in [1.807, 2.05) is 0 Å². The summed E-state index contributed by atoms with van der Waals surface area (Å²) >= 11 is 0. The maximum atomic E-state index is 2.37. The third kappa shape index (κ3) is 1.53. The normalized spacial score (nSPS) is 31.8. The largest absolute Gasteiger partial charge is 0.0778 e. The molecule has 2 aliphatic rings. The van der Waals surface area contributed by atoms with Gasteiger partial charge in [0.2, 0.25) is 0 Å². The summed E-state index contributed by atoms with van der Waals surface area (Å²) in [4.78, 5) is 0. The average Bonchev–Trinajstić information content (AvgIpc) is 2.06. The van der Waals surface area contributed by atoms with E-state index in [0.717, 1.165) is 0 Å². The molecule has 2 unspecified atom stereocenters. The molecule has 13 heavy (non-hydrogen) atoms. The number of allylic oxidation sites excluding steroid dienone is 8. The Balaban J connectivity index is 2.39. The second-order valence-electron chi connectivity index (χ2n) is 4.18. The highest BCUT2D eigenvalue weighted by Gasteiger charge is 2.21. The van der Waals surface area contributed by atoms with Crippen LogP contribution >= 0.6 is 0 Å². The minimum absolute atomic E-state index is 0.619. The number of rotatable bonds is 0. The molecule has 0 heteroatoms. The summed E-state index contributed by atoms with van der Waals surface area (Å²) in [5, 5.41) is 0. The van der Waals surface area contributed by atoms with Crippen LogP contribution in [0.5, 0.6) is 0 Å². The molecule has 0 aromatic heterocycles. The van der Waals surface area contributed by atoms with Gasteiger partial charge in [0.05, 0.1) is 0 Å². The minimum Gasteiger partial charge on any atom is -0.0778 e. The summed E-state index contributed by atoms with van der Waals surface area (Å²) in [6, 6.07) is 0. The van der Waals surface area contributed by atoms with Crippen LogP contribution in [0.3, 0.4) is 0 Å². The molecule has 0 heterocycles. The van der Waals surface area contributed by atoms with Crippen LogP contribution in [0.2, 0.25) is 0 Å². The molecule has 0 fully saturated rings. The summed E-state index contributed by atoms with van der Waals surface area (Å²) in [6.45, 7) is 6.65. The highest BCUT2D eigenvalue weighted by molar-refractivity contribution is 5.44. The third-order valence-corrected chi connectivity index (χ3v) is 2.85. The highest BCUT2D eigenvalue weighted by atomic mass is 14.3. The monoisotopic (exact) mass is 172 g/mol. The van der Waals surface area contributed by atoms with E-state index in [1.54, 1.807) is 0 Å². The Labute approximate surface area is 80.3 Å². The molecule has 0 bridgehead atoms. The van der Waals surface area contributed by atoms with E-state index in [-0.39, 0.29) is 0 Å². The summed E-state index contributed by atoms with van der Waals surface area (Å²) in [5.41, 5.74) is 4.26. The van der Waals surface area contributed by atoms with Gasteiger partial charge < -0.3 is 0 Å². The van der Waals surface area contributed by atoms with Crippen LogP contribution < -0.4 is 0 Å². The lowest BCUT2D eigenvalue weighted by atomic mass is 9.78. The van der Waals surface area contributed by atoms with Crippen molar-refractivity contribution in [1.82, 2.24) is 0 Å². The Bertz CT molecular complexity index is 337. The smallest absolute Gasteiger partial charge is 0.00841 e. The lowest BCUT2D eigenvalue weighted by Crippen LogP contribution is -2.15. The van der Waals surface area contributed by atoms with Crippen molar-refractivity contribution in [3.05, 3.63) is 47.1 Å². The molecular formula is C13H16. The highest BCUT2D eigenvalue weighted by Crippen LogP contribution is 2.34. The third-order valence-electron chi connectivity index (χ3n) is 2.85. The van der Waals surface area contributed by atoms with Gasteiger partial charge in [0.15, 0.2) is 0 Å². The van der Waals surface area contributed by atoms with Gasteiger partial charge in [0, 0.05) is 5.92 Å². The molecule has 0 aromatic rings. The molecule has 2 aliphatic carbocycles. The first-order valence-corrected chi connectivity index (χ1v) is 4.93. The molecule has 0 radical (unpaired) electrons. The van der Waals surface area contributed by atoms with Crippen LogP contribution in [0.4, 0.5) is 0 Å². The predicted octanol–water partition coefficient (Wildman–Crippen LogP) is 3.64. The zero-order valence-corrected chi connectivity index (χ0v) is 8.54. The van der Waals surface area contributed by atoms with Gasteiger partial charge in [0.25, 0.3) is 0 Å². The first-order chi connectivity index (χ1) is 6.16. The first kappa shape index (κ1) is 8.55. The fraction of sp³-hybridized carbons (Fsp3) is 0.385. The molecule has 0 N–H and O–H groups in total. The van der Waals surface area contributed by atoms with Crippen LogP contribution in [0.15, 0.2) is 47.1 Å². The van der Waals surface area contributed by atoms with Gasteiger partial charge in [0.1, 0.15) is 0 Å². The molecular weight excluding hydrogens is 156 g/mol. The minimum atomic E-state index is 0.619. The quantitative estimate of drug-likeness (QED) is 0.523. The summed E-state index contributed by atoms with van der Waals surface area (Å²) < 4.78 is 0. The van der Waals surface area contributed by atoms with Gasteiger partial charge in [-0.25, -0.2) is 0 Å². The van der Waals surface area contributed by atoms with Crippen molar-refractivity contribution in [2.45, 2.75) is 20.8 Å². The van der Waals surface area contributed by atoms with Gasteiger partial charge in [-0.15, -0.1) is 0 Å². The van der Waals surface area contributed by atoms with E-state index >= 15 is 0 Å². The standard InChI is InChI=1S/C13H16/c1-9-4-5-12-7-10(2)6-11(3)13(12)8-9/h4-8,11,13H,1-3H3. The van der Waals surface area contributed by atoms with Crippen molar-refractivity contribution >= 4 is 0 Å². The Morgan fingerprint density at radius 1 is 1.00 bits per heavy atom. The molecule has 0 spiro atoms. The molecule has 0 nitrogen and oxygen atoms in total. The molecule has 0 aliphatic heterocycles. The second-order valence-corrected chi connectivity index (χ2v) is 4.18. The second kappa shape index (κ2) is 3.02. The van der Waals surface area contributed by atoms with Gasteiger partial charge in [-0.3, -0.25) is 0 Å². The van der Waals surface area contributed by atoms with Gasteiger partial charge >= 0.3 is 0 Å². The van der Waals surface area contributed by atoms with Crippen molar-refractivity contribution in [3.63, 3.8) is 0 Å². The van der Waals surface area contributed by atoms with Crippen LogP contribution in [0.1, 0.15) is 20.8 Å².